The Morgan fingerprint density at radius 2 is 1.66 bits per heavy atom. The maximum atomic E-state index is 11.9. The molecule has 2 rings (SSSR count). The quantitative estimate of drug-likeness (QED) is 0.296. The van der Waals surface area contributed by atoms with Crippen LogP contribution in [0.4, 0.5) is 0 Å². The number of rotatable bonds is 8. The first kappa shape index (κ1) is 28.7. The van der Waals surface area contributed by atoms with Gasteiger partial charge in [-0.25, -0.2) is 9.78 Å². The van der Waals surface area contributed by atoms with Crippen molar-refractivity contribution in [2.75, 3.05) is 0 Å². The van der Waals surface area contributed by atoms with Gasteiger partial charge < -0.3 is 31.3 Å². The van der Waals surface area contributed by atoms with Crippen LogP contribution in [0.1, 0.15) is 36.3 Å². The Bertz CT molecular complexity index is 810. The van der Waals surface area contributed by atoms with E-state index in [9.17, 15) is 19.5 Å². The third kappa shape index (κ3) is 13.1. The number of aliphatic carboxylic acids is 2. The van der Waals surface area contributed by atoms with Crippen LogP contribution >= 0.6 is 0 Å². The zero-order valence-corrected chi connectivity index (χ0v) is 17.8. The first-order chi connectivity index (χ1) is 15.1. The number of carbonyl (C=O) groups is 3. The zero-order valence-electron chi connectivity index (χ0n) is 17.8. The van der Waals surface area contributed by atoms with Gasteiger partial charge in [-0.3, -0.25) is 14.6 Å². The summed E-state index contributed by atoms with van der Waals surface area (Å²) in [5.74, 6) is -2.20. The van der Waals surface area contributed by atoms with Gasteiger partial charge in [-0.05, 0) is 17.9 Å². The molecule has 11 nitrogen and oxygen atoms in total. The number of aromatic nitrogens is 2. The minimum Gasteiger partial charge on any atom is -0.480 e. The number of nitrogens with one attached hydrogen (secondary N) is 1. The third-order valence-electron chi connectivity index (χ3n) is 3.72. The highest BCUT2D eigenvalue weighted by Gasteiger charge is 2.21. The Kier molecular flexibility index (Phi) is 14.7. The molecule has 1 heterocycles. The van der Waals surface area contributed by atoms with Crippen LogP contribution in [0.2, 0.25) is 0 Å². The predicted octanol–water partition coefficient (Wildman–Crippen LogP) is -0.148. The van der Waals surface area contributed by atoms with Crippen molar-refractivity contribution in [1.82, 2.24) is 15.3 Å². The molecule has 0 spiro atoms. The molecular weight excluding hydrogens is 419 g/mol. The second kappa shape index (κ2) is 16.4. The molecule has 1 aromatic carbocycles. The number of nitrogens with two attached hydrogens (primary N) is 1. The van der Waals surface area contributed by atoms with Crippen molar-refractivity contribution >= 4 is 25.5 Å². The summed E-state index contributed by atoms with van der Waals surface area (Å²) in [5.41, 5.74) is 6.14. The molecule has 0 saturated heterocycles. The molecule has 12 heteroatoms. The van der Waals surface area contributed by atoms with Gasteiger partial charge in [0.2, 0.25) is 0 Å². The summed E-state index contributed by atoms with van der Waals surface area (Å²) in [4.78, 5) is 40.8. The molecule has 2 atom stereocenters. The van der Waals surface area contributed by atoms with Crippen molar-refractivity contribution in [3.8, 4) is 0 Å². The number of amides is 1. The van der Waals surface area contributed by atoms with Gasteiger partial charge in [0.15, 0.2) is 0 Å². The van der Waals surface area contributed by atoms with E-state index in [1.165, 1.54) is 18.6 Å². The molecule has 173 valence electrons. The molecule has 0 aliphatic heterocycles. The van der Waals surface area contributed by atoms with E-state index in [0.29, 0.717) is 12.3 Å². The molecule has 1 amide bonds. The normalized spacial score (nSPS) is 11.6. The highest BCUT2D eigenvalue weighted by molar-refractivity contribution is 6.13. The fourth-order valence-electron chi connectivity index (χ4n) is 2.31. The van der Waals surface area contributed by atoms with Crippen molar-refractivity contribution in [1.29, 1.82) is 0 Å². The minimum atomic E-state index is -1.09. The number of carboxylic acid groups (broad SMARTS) is 2. The van der Waals surface area contributed by atoms with E-state index in [1.807, 2.05) is 44.2 Å². The fourth-order valence-corrected chi connectivity index (χ4v) is 2.31. The lowest BCUT2D eigenvalue weighted by Gasteiger charge is -2.14. The van der Waals surface area contributed by atoms with Gasteiger partial charge in [-0.1, -0.05) is 44.2 Å². The average molecular weight is 447 g/mol. The van der Waals surface area contributed by atoms with E-state index in [4.69, 9.17) is 20.9 Å². The first-order valence-electron chi connectivity index (χ1n) is 9.54. The average Bonchev–Trinajstić information content (AvgIpc) is 2.75. The van der Waals surface area contributed by atoms with Crippen LogP contribution in [-0.2, 0) is 16.0 Å². The SMILES string of the molecule is CC(C)C[C@@H](N)C(=O)O.O=C(N[C@@H](Cc1ccccc1)C(=O)O)c1cnccn1.O[B]O. The van der Waals surface area contributed by atoms with Gasteiger partial charge in [0, 0.05) is 18.8 Å². The first-order valence-corrected chi connectivity index (χ1v) is 9.54. The molecule has 1 aromatic heterocycles. The van der Waals surface area contributed by atoms with Crippen molar-refractivity contribution < 1.29 is 34.6 Å². The van der Waals surface area contributed by atoms with Crippen molar-refractivity contribution in [2.24, 2.45) is 11.7 Å². The van der Waals surface area contributed by atoms with Gasteiger partial charge in [0.25, 0.3) is 5.91 Å². The number of nitrogens with zero attached hydrogens (tertiary/aromatic N) is 2. The molecule has 0 bridgehead atoms. The largest absolute Gasteiger partial charge is 0.482 e. The number of carboxylic acids is 2. The topological polar surface area (TPSA) is 196 Å². The second-order valence-electron chi connectivity index (χ2n) is 6.83. The highest BCUT2D eigenvalue weighted by Crippen LogP contribution is 2.04. The Morgan fingerprint density at radius 1 is 1.06 bits per heavy atom. The maximum Gasteiger partial charge on any atom is 0.482 e. The molecule has 0 saturated carbocycles. The summed E-state index contributed by atoms with van der Waals surface area (Å²) in [5, 5.41) is 33.9. The standard InChI is InChI=1S/C14H13N3O3.C6H13NO2.BH2O2/c18-13(12-9-15-6-7-16-12)17-11(14(19)20)8-10-4-2-1-3-5-10;1-4(2)3-5(7)6(8)9;2-1-3/h1-7,9,11H,8H2,(H,17,18)(H,19,20);4-5H,3,7H2,1-2H3,(H,8,9);2-3H/t11-;5-;/m01./s1. The molecule has 0 aliphatic rings. The van der Waals surface area contributed by atoms with Gasteiger partial charge in [0.1, 0.15) is 17.8 Å². The highest BCUT2D eigenvalue weighted by atomic mass is 16.4. The molecular formula is C20H28BN4O7. The van der Waals surface area contributed by atoms with Crippen LogP contribution in [0.25, 0.3) is 0 Å². The monoisotopic (exact) mass is 447 g/mol. The van der Waals surface area contributed by atoms with Crippen molar-refractivity contribution in [3.05, 3.63) is 60.2 Å². The fraction of sp³-hybridized carbons (Fsp3) is 0.350. The minimum absolute atomic E-state index is 0. The number of carbonyl (C=O) groups excluding carboxylic acids is 1. The number of benzene rings is 1. The molecule has 7 N–H and O–H groups in total. The van der Waals surface area contributed by atoms with E-state index < -0.39 is 29.9 Å². The van der Waals surface area contributed by atoms with E-state index in [-0.39, 0.29) is 19.8 Å². The summed E-state index contributed by atoms with van der Waals surface area (Å²) < 4.78 is 0. The Hall–Kier alpha value is -3.35. The molecule has 32 heavy (non-hydrogen) atoms. The van der Waals surface area contributed by atoms with Crippen LogP contribution in [0.15, 0.2) is 48.9 Å². The van der Waals surface area contributed by atoms with Crippen molar-refractivity contribution in [3.63, 3.8) is 0 Å². The Labute approximate surface area is 186 Å². The Balaban J connectivity index is 0.000000672. The Morgan fingerprint density at radius 3 is 2.06 bits per heavy atom. The van der Waals surface area contributed by atoms with E-state index in [0.717, 1.165) is 5.56 Å². The van der Waals surface area contributed by atoms with Crippen LogP contribution in [0.5, 0.6) is 0 Å². The summed E-state index contributed by atoms with van der Waals surface area (Å²) in [6.45, 7) is 3.89. The van der Waals surface area contributed by atoms with Crippen LogP contribution in [-0.4, -0.2) is 67.8 Å². The van der Waals surface area contributed by atoms with Gasteiger partial charge in [-0.2, -0.15) is 0 Å². The summed E-state index contributed by atoms with van der Waals surface area (Å²) in [6, 6.07) is 7.40. The van der Waals surface area contributed by atoms with Gasteiger partial charge in [-0.15, -0.1) is 0 Å². The second-order valence-corrected chi connectivity index (χ2v) is 6.83. The van der Waals surface area contributed by atoms with E-state index in [1.54, 1.807) is 0 Å². The number of hydrogen-bond acceptors (Lipinski definition) is 8. The summed E-state index contributed by atoms with van der Waals surface area (Å²) in [7, 11) is 0. The molecule has 0 unspecified atom stereocenters. The molecule has 1 radical (unpaired) electrons. The van der Waals surface area contributed by atoms with Gasteiger partial charge in [0.05, 0.1) is 6.20 Å². The van der Waals surface area contributed by atoms with Crippen LogP contribution < -0.4 is 11.1 Å². The molecule has 2 aromatic rings. The van der Waals surface area contributed by atoms with E-state index in [2.05, 4.69) is 15.3 Å². The maximum absolute atomic E-state index is 11.9. The third-order valence-corrected chi connectivity index (χ3v) is 3.72. The van der Waals surface area contributed by atoms with Crippen molar-refractivity contribution in [2.45, 2.75) is 38.8 Å². The van der Waals surface area contributed by atoms with Crippen LogP contribution in [0.3, 0.4) is 0 Å². The molecule has 0 fully saturated rings. The summed E-state index contributed by atoms with van der Waals surface area (Å²) >= 11 is 0. The lowest BCUT2D eigenvalue weighted by molar-refractivity contribution is -0.140. The van der Waals surface area contributed by atoms with Crippen LogP contribution in [0, 0.1) is 5.92 Å². The molecule has 0 aliphatic carbocycles. The van der Waals surface area contributed by atoms with Gasteiger partial charge >= 0.3 is 19.6 Å². The zero-order chi connectivity index (χ0) is 24.5. The van der Waals surface area contributed by atoms with E-state index >= 15 is 0 Å². The lowest BCUT2D eigenvalue weighted by atomic mass is 10.1. The summed E-state index contributed by atoms with van der Waals surface area (Å²) in [6.07, 6.45) is 4.87. The number of hydrogen-bond donors (Lipinski definition) is 6. The predicted molar refractivity (Wildman–Crippen MR) is 116 cm³/mol. The smallest absolute Gasteiger partial charge is 0.480 e. The lowest BCUT2D eigenvalue weighted by Crippen LogP contribution is -2.42.